The molecule has 1 heterocycles. The van der Waals surface area contributed by atoms with Crippen LogP contribution < -0.4 is 0 Å². The second-order valence-electron chi connectivity index (χ2n) is 6.04. The SMILES string of the molecule is CCOC(=O)CC(=O)c1cc(F)c(C2CCN(C(C)=O)CC2)cc1F. The number of piperidine rings is 1. The van der Waals surface area contributed by atoms with Gasteiger partial charge in [0.25, 0.3) is 0 Å². The maximum absolute atomic E-state index is 14.4. The summed E-state index contributed by atoms with van der Waals surface area (Å²) in [5, 5.41) is 0. The van der Waals surface area contributed by atoms with E-state index in [1.165, 1.54) is 6.92 Å². The number of halogens is 2. The normalized spacial score (nSPS) is 15.1. The first-order valence-electron chi connectivity index (χ1n) is 8.26. The Morgan fingerprint density at radius 3 is 2.36 bits per heavy atom. The van der Waals surface area contributed by atoms with Crippen LogP contribution in [0.15, 0.2) is 12.1 Å². The summed E-state index contributed by atoms with van der Waals surface area (Å²) in [7, 11) is 0. The van der Waals surface area contributed by atoms with Crippen molar-refractivity contribution >= 4 is 17.7 Å². The number of ketones is 1. The molecule has 136 valence electrons. The van der Waals surface area contributed by atoms with Gasteiger partial charge < -0.3 is 9.64 Å². The van der Waals surface area contributed by atoms with Gasteiger partial charge in [0.15, 0.2) is 5.78 Å². The molecule has 0 N–H and O–H groups in total. The molecular weight excluding hydrogens is 332 g/mol. The van der Waals surface area contributed by atoms with E-state index in [1.807, 2.05) is 0 Å². The van der Waals surface area contributed by atoms with Crippen molar-refractivity contribution < 1.29 is 27.9 Å². The van der Waals surface area contributed by atoms with E-state index in [1.54, 1.807) is 11.8 Å². The Labute approximate surface area is 144 Å². The summed E-state index contributed by atoms with van der Waals surface area (Å²) in [5.74, 6) is -3.35. The summed E-state index contributed by atoms with van der Waals surface area (Å²) in [5.41, 5.74) is -0.246. The molecule has 0 unspecified atom stereocenters. The van der Waals surface area contributed by atoms with Crippen LogP contribution in [0.5, 0.6) is 0 Å². The smallest absolute Gasteiger partial charge is 0.313 e. The van der Waals surface area contributed by atoms with Gasteiger partial charge in [0.05, 0.1) is 12.2 Å². The lowest BCUT2D eigenvalue weighted by Crippen LogP contribution is -2.36. The number of likely N-dealkylation sites (tertiary alicyclic amines) is 1. The third-order valence-corrected chi connectivity index (χ3v) is 4.38. The third kappa shape index (κ3) is 4.61. The molecule has 1 aromatic carbocycles. The monoisotopic (exact) mass is 353 g/mol. The zero-order valence-electron chi connectivity index (χ0n) is 14.3. The zero-order valence-corrected chi connectivity index (χ0v) is 14.3. The van der Waals surface area contributed by atoms with Crippen molar-refractivity contribution in [1.82, 2.24) is 4.90 Å². The van der Waals surface area contributed by atoms with Crippen LogP contribution in [0.4, 0.5) is 8.78 Å². The summed E-state index contributed by atoms with van der Waals surface area (Å²) in [6.45, 7) is 4.16. The van der Waals surface area contributed by atoms with Gasteiger partial charge >= 0.3 is 5.97 Å². The zero-order chi connectivity index (χ0) is 18.6. The second-order valence-corrected chi connectivity index (χ2v) is 6.04. The second kappa shape index (κ2) is 8.18. The Hall–Kier alpha value is -2.31. The van der Waals surface area contributed by atoms with E-state index in [-0.39, 0.29) is 24.0 Å². The van der Waals surface area contributed by atoms with Crippen LogP contribution in [0, 0.1) is 11.6 Å². The Kier molecular flexibility index (Phi) is 6.22. The number of nitrogens with zero attached hydrogens (tertiary/aromatic N) is 1. The third-order valence-electron chi connectivity index (χ3n) is 4.38. The minimum Gasteiger partial charge on any atom is -0.466 e. The Morgan fingerprint density at radius 1 is 1.16 bits per heavy atom. The van der Waals surface area contributed by atoms with Gasteiger partial charge in [0.2, 0.25) is 5.91 Å². The maximum Gasteiger partial charge on any atom is 0.313 e. The predicted molar refractivity (Wildman–Crippen MR) is 86.2 cm³/mol. The molecule has 0 aromatic heterocycles. The van der Waals surface area contributed by atoms with Crippen molar-refractivity contribution in [3.8, 4) is 0 Å². The number of benzene rings is 1. The predicted octanol–water partition coefficient (Wildman–Crippen LogP) is 2.83. The highest BCUT2D eigenvalue weighted by Crippen LogP contribution is 2.31. The summed E-state index contributed by atoms with van der Waals surface area (Å²) < 4.78 is 33.3. The van der Waals surface area contributed by atoms with Crippen molar-refractivity contribution in [3.05, 3.63) is 34.9 Å². The molecule has 7 heteroatoms. The molecule has 0 aliphatic carbocycles. The topological polar surface area (TPSA) is 63.7 Å². The molecule has 1 saturated heterocycles. The van der Waals surface area contributed by atoms with Crippen molar-refractivity contribution in [2.45, 2.75) is 39.0 Å². The van der Waals surface area contributed by atoms with Crippen molar-refractivity contribution in [1.29, 1.82) is 0 Å². The van der Waals surface area contributed by atoms with E-state index < -0.39 is 35.4 Å². The minimum atomic E-state index is -0.848. The van der Waals surface area contributed by atoms with Gasteiger partial charge in [0, 0.05) is 20.0 Å². The maximum atomic E-state index is 14.4. The molecule has 0 atom stereocenters. The molecule has 25 heavy (non-hydrogen) atoms. The Bertz CT molecular complexity index is 682. The number of carbonyl (C=O) groups is 3. The van der Waals surface area contributed by atoms with E-state index in [2.05, 4.69) is 4.74 Å². The lowest BCUT2D eigenvalue weighted by Gasteiger charge is -2.31. The highest BCUT2D eigenvalue weighted by atomic mass is 19.1. The molecule has 0 bridgehead atoms. The van der Waals surface area contributed by atoms with Crippen molar-refractivity contribution in [2.24, 2.45) is 0 Å². The van der Waals surface area contributed by atoms with Gasteiger partial charge in [0.1, 0.15) is 18.1 Å². The molecule has 1 aliphatic heterocycles. The number of hydrogen-bond acceptors (Lipinski definition) is 4. The number of carbonyl (C=O) groups excluding carboxylic acids is 3. The lowest BCUT2D eigenvalue weighted by molar-refractivity contribution is -0.142. The fourth-order valence-corrected chi connectivity index (χ4v) is 3.03. The highest BCUT2D eigenvalue weighted by molar-refractivity contribution is 6.06. The molecule has 2 rings (SSSR count). The van der Waals surface area contributed by atoms with Crippen LogP contribution >= 0.6 is 0 Å². The van der Waals surface area contributed by atoms with E-state index in [0.29, 0.717) is 25.9 Å². The average Bonchev–Trinajstić information content (AvgIpc) is 2.56. The fraction of sp³-hybridized carbons (Fsp3) is 0.500. The summed E-state index contributed by atoms with van der Waals surface area (Å²) in [6.07, 6.45) is 0.443. The van der Waals surface area contributed by atoms with Gasteiger partial charge in [-0.25, -0.2) is 8.78 Å². The Morgan fingerprint density at radius 2 is 1.80 bits per heavy atom. The standard InChI is InChI=1S/C18H21F2NO4/c1-3-25-18(24)10-17(23)14-9-15(19)13(8-16(14)20)12-4-6-21(7-5-12)11(2)22/h8-9,12H,3-7,10H2,1-2H3. The molecule has 5 nitrogen and oxygen atoms in total. The number of Topliss-reactive ketones (excluding diaryl/α,β-unsaturated/α-hetero) is 1. The quantitative estimate of drug-likeness (QED) is 0.464. The number of ether oxygens (including phenoxy) is 1. The minimum absolute atomic E-state index is 0.0370. The van der Waals surface area contributed by atoms with E-state index in [4.69, 9.17) is 0 Å². The number of rotatable bonds is 5. The van der Waals surface area contributed by atoms with Crippen LogP contribution in [0.2, 0.25) is 0 Å². The molecule has 1 aliphatic rings. The lowest BCUT2D eigenvalue weighted by atomic mass is 9.88. The first-order valence-corrected chi connectivity index (χ1v) is 8.26. The van der Waals surface area contributed by atoms with Crippen LogP contribution in [0.3, 0.4) is 0 Å². The van der Waals surface area contributed by atoms with Gasteiger partial charge in [-0.3, -0.25) is 14.4 Å². The first kappa shape index (κ1) is 19.0. The molecule has 1 aromatic rings. The fourth-order valence-electron chi connectivity index (χ4n) is 3.03. The van der Waals surface area contributed by atoms with Crippen LogP contribution in [0.1, 0.15) is 54.9 Å². The van der Waals surface area contributed by atoms with Gasteiger partial charge in [-0.15, -0.1) is 0 Å². The average molecular weight is 353 g/mol. The van der Waals surface area contributed by atoms with Crippen LogP contribution in [-0.4, -0.2) is 42.3 Å². The van der Waals surface area contributed by atoms with E-state index in [0.717, 1.165) is 12.1 Å². The molecule has 0 saturated carbocycles. The molecule has 0 radical (unpaired) electrons. The molecular formula is C18H21F2NO4. The highest BCUT2D eigenvalue weighted by Gasteiger charge is 2.26. The molecule has 1 fully saturated rings. The van der Waals surface area contributed by atoms with Crippen molar-refractivity contribution in [3.63, 3.8) is 0 Å². The van der Waals surface area contributed by atoms with Gasteiger partial charge in [-0.2, -0.15) is 0 Å². The summed E-state index contributed by atoms with van der Waals surface area (Å²) in [4.78, 5) is 36.3. The number of hydrogen-bond donors (Lipinski definition) is 0. The van der Waals surface area contributed by atoms with Gasteiger partial charge in [-0.1, -0.05) is 0 Å². The molecule has 0 spiro atoms. The Balaban J connectivity index is 2.13. The molecule has 1 amide bonds. The van der Waals surface area contributed by atoms with Gasteiger partial charge in [-0.05, 0) is 43.4 Å². The van der Waals surface area contributed by atoms with E-state index in [9.17, 15) is 23.2 Å². The van der Waals surface area contributed by atoms with Crippen LogP contribution in [0.25, 0.3) is 0 Å². The first-order chi connectivity index (χ1) is 11.8. The summed E-state index contributed by atoms with van der Waals surface area (Å²) in [6, 6.07) is 1.88. The number of amides is 1. The number of esters is 1. The van der Waals surface area contributed by atoms with E-state index >= 15 is 0 Å². The van der Waals surface area contributed by atoms with Crippen molar-refractivity contribution in [2.75, 3.05) is 19.7 Å². The summed E-state index contributed by atoms with van der Waals surface area (Å²) >= 11 is 0. The van der Waals surface area contributed by atoms with Crippen LogP contribution in [-0.2, 0) is 14.3 Å². The largest absolute Gasteiger partial charge is 0.466 e.